The van der Waals surface area contributed by atoms with Crippen molar-refractivity contribution in [2.75, 3.05) is 23.4 Å². The summed E-state index contributed by atoms with van der Waals surface area (Å²) in [6.45, 7) is 2.57. The summed E-state index contributed by atoms with van der Waals surface area (Å²) in [5.41, 5.74) is 6.70. The molecular weight excluding hydrogens is 454 g/mol. The molecule has 4 heterocycles. The lowest BCUT2D eigenvalue weighted by molar-refractivity contribution is -0.0494. The number of hydrazine groups is 1. The van der Waals surface area contributed by atoms with Crippen LogP contribution >= 0.6 is 0 Å². The van der Waals surface area contributed by atoms with Crippen molar-refractivity contribution < 1.29 is 13.5 Å². The van der Waals surface area contributed by atoms with E-state index in [1.54, 1.807) is 28.8 Å². The fourth-order valence-electron chi connectivity index (χ4n) is 4.41. The van der Waals surface area contributed by atoms with E-state index in [0.29, 0.717) is 36.7 Å². The Kier molecular flexibility index (Phi) is 5.51. The number of nitrogens with zero attached hydrogens (tertiary/aromatic N) is 7. The molecule has 35 heavy (non-hydrogen) atoms. The Morgan fingerprint density at radius 2 is 2.06 bits per heavy atom. The largest absolute Gasteiger partial charge is 0.433 e. The van der Waals surface area contributed by atoms with Crippen molar-refractivity contribution >= 4 is 17.6 Å². The highest BCUT2D eigenvalue weighted by atomic mass is 19.3. The van der Waals surface area contributed by atoms with E-state index in [1.165, 1.54) is 12.4 Å². The maximum Gasteiger partial charge on any atom is 0.387 e. The number of benzene rings is 1. The van der Waals surface area contributed by atoms with E-state index in [2.05, 4.69) is 26.6 Å². The number of hydrogen-bond acceptors (Lipinski definition) is 8. The molecule has 0 unspecified atom stereocenters. The van der Waals surface area contributed by atoms with Gasteiger partial charge in [0.05, 0.1) is 23.7 Å². The van der Waals surface area contributed by atoms with Gasteiger partial charge in [-0.1, -0.05) is 0 Å². The van der Waals surface area contributed by atoms with E-state index in [4.69, 9.17) is 9.72 Å². The molecule has 0 atom stereocenters. The van der Waals surface area contributed by atoms with Crippen LogP contribution in [0, 0.1) is 23.7 Å². The van der Waals surface area contributed by atoms with Gasteiger partial charge in [-0.05, 0) is 49.8 Å². The average Bonchev–Trinajstić information content (AvgIpc) is 3.23. The highest BCUT2D eigenvalue weighted by Crippen LogP contribution is 2.38. The van der Waals surface area contributed by atoms with Gasteiger partial charge in [0.25, 0.3) is 0 Å². The fourth-order valence-corrected chi connectivity index (χ4v) is 4.41. The van der Waals surface area contributed by atoms with Gasteiger partial charge in [-0.2, -0.15) is 14.0 Å². The van der Waals surface area contributed by atoms with Crippen LogP contribution in [-0.4, -0.2) is 44.5 Å². The molecule has 1 N–H and O–H groups in total. The zero-order chi connectivity index (χ0) is 24.7. The number of rotatable bonds is 6. The molecule has 1 saturated heterocycles. The van der Waals surface area contributed by atoms with Crippen LogP contribution in [0.2, 0.25) is 0 Å². The number of anilines is 2. The third-order valence-corrected chi connectivity index (χ3v) is 6.11. The zero-order valence-electron chi connectivity index (χ0n) is 19.5. The molecule has 0 amide bonds. The molecule has 1 fully saturated rings. The van der Waals surface area contributed by atoms with Gasteiger partial charge in [0.1, 0.15) is 12.1 Å². The Morgan fingerprint density at radius 1 is 1.26 bits per heavy atom. The molecule has 0 saturated carbocycles. The lowest BCUT2D eigenvalue weighted by Crippen LogP contribution is -2.55. The molecule has 3 aromatic rings. The summed E-state index contributed by atoms with van der Waals surface area (Å²) in [5, 5.41) is 19.1. The van der Waals surface area contributed by atoms with Crippen molar-refractivity contribution in [3.05, 3.63) is 53.6 Å². The van der Waals surface area contributed by atoms with E-state index in [9.17, 15) is 14.0 Å². The Labute approximate surface area is 201 Å². The number of pyridine rings is 1. The molecule has 1 aromatic carbocycles. The lowest BCUT2D eigenvalue weighted by atomic mass is 9.83. The van der Waals surface area contributed by atoms with Crippen LogP contribution in [-0.2, 0) is 13.6 Å². The molecular formula is C24H24F2N8O. The van der Waals surface area contributed by atoms with E-state index >= 15 is 0 Å². The van der Waals surface area contributed by atoms with Crippen molar-refractivity contribution in [1.29, 1.82) is 5.26 Å². The number of nitriles is 1. The highest BCUT2D eigenvalue weighted by molar-refractivity contribution is 5.69. The number of nitrogens with one attached hydrogen (secondary N) is 1. The van der Waals surface area contributed by atoms with Crippen LogP contribution in [0.25, 0.3) is 17.5 Å². The van der Waals surface area contributed by atoms with E-state index in [-0.39, 0.29) is 11.2 Å². The predicted molar refractivity (Wildman–Crippen MR) is 126 cm³/mol. The van der Waals surface area contributed by atoms with E-state index < -0.39 is 6.61 Å². The number of halogens is 2. The minimum absolute atomic E-state index is 0.00511. The first kappa shape index (κ1) is 22.6. The van der Waals surface area contributed by atoms with Gasteiger partial charge in [-0.3, -0.25) is 10.4 Å². The van der Waals surface area contributed by atoms with Crippen molar-refractivity contribution in [3.63, 3.8) is 0 Å². The maximum atomic E-state index is 13.2. The van der Waals surface area contributed by atoms with Crippen molar-refractivity contribution in [2.24, 2.45) is 12.5 Å². The standard InChI is InChI=1S/C24H24F2N8O/c1-15-8-16-6-7-34(10-18(16)22(29-15)33-12-24(2,11-27)13-33)31-19-5-4-17(9-20(19)35-23(25)26)21-30-28-14-32(21)3/h4-9,14,23,31H,10,12-13H2,1-3H3. The molecule has 2 aliphatic heterocycles. The topological polar surface area (TPSA) is 95.1 Å². The fraction of sp³-hybridized carbons (Fsp3) is 0.333. The summed E-state index contributed by atoms with van der Waals surface area (Å²) in [4.78, 5) is 6.85. The zero-order valence-corrected chi connectivity index (χ0v) is 19.5. The summed E-state index contributed by atoms with van der Waals surface area (Å²) in [7, 11) is 1.77. The molecule has 11 heteroatoms. The molecule has 0 bridgehead atoms. The molecule has 2 aliphatic rings. The second kappa shape index (κ2) is 8.54. The van der Waals surface area contributed by atoms with Crippen LogP contribution < -0.4 is 15.1 Å². The highest BCUT2D eigenvalue weighted by Gasteiger charge is 2.41. The number of ether oxygens (including phenoxy) is 1. The molecule has 0 aliphatic carbocycles. The van der Waals surface area contributed by atoms with Gasteiger partial charge in [-0.25, -0.2) is 4.98 Å². The monoisotopic (exact) mass is 478 g/mol. The van der Waals surface area contributed by atoms with E-state index in [1.807, 2.05) is 32.2 Å². The van der Waals surface area contributed by atoms with Crippen LogP contribution in [0.4, 0.5) is 20.3 Å². The van der Waals surface area contributed by atoms with Gasteiger partial charge in [0.15, 0.2) is 11.6 Å². The quantitative estimate of drug-likeness (QED) is 0.569. The second-order valence-corrected chi connectivity index (χ2v) is 9.09. The Bertz CT molecular complexity index is 1340. The molecule has 0 radical (unpaired) electrons. The number of aryl methyl sites for hydroxylation is 2. The smallest absolute Gasteiger partial charge is 0.387 e. The number of alkyl halides is 2. The van der Waals surface area contributed by atoms with Gasteiger partial charge in [0, 0.05) is 43.2 Å². The molecule has 180 valence electrons. The first-order valence-electron chi connectivity index (χ1n) is 11.1. The third kappa shape index (κ3) is 4.35. The Balaban J connectivity index is 1.41. The van der Waals surface area contributed by atoms with E-state index in [0.717, 1.165) is 22.6 Å². The summed E-state index contributed by atoms with van der Waals surface area (Å²) in [6.07, 6.45) is 5.34. The number of aromatic nitrogens is 4. The number of fused-ring (bicyclic) bond motifs is 1. The van der Waals surface area contributed by atoms with Crippen molar-refractivity contribution in [2.45, 2.75) is 27.0 Å². The molecule has 0 spiro atoms. The van der Waals surface area contributed by atoms with Gasteiger partial charge in [0.2, 0.25) is 0 Å². The summed E-state index contributed by atoms with van der Waals surface area (Å²) in [6, 6.07) is 9.33. The normalized spacial score (nSPS) is 16.0. The Morgan fingerprint density at radius 3 is 2.74 bits per heavy atom. The number of hydrogen-bond donors (Lipinski definition) is 1. The maximum absolute atomic E-state index is 13.2. The first-order chi connectivity index (χ1) is 16.7. The van der Waals surface area contributed by atoms with Gasteiger partial charge >= 0.3 is 6.61 Å². The summed E-state index contributed by atoms with van der Waals surface area (Å²) < 4.78 is 32.9. The van der Waals surface area contributed by atoms with Crippen molar-refractivity contribution in [1.82, 2.24) is 24.8 Å². The molecule has 2 aromatic heterocycles. The Hall–Kier alpha value is -4.20. The van der Waals surface area contributed by atoms with Crippen LogP contribution in [0.15, 0.2) is 36.8 Å². The first-order valence-corrected chi connectivity index (χ1v) is 11.1. The minimum Gasteiger partial charge on any atom is -0.433 e. The summed E-state index contributed by atoms with van der Waals surface area (Å²) in [5.74, 6) is 1.37. The van der Waals surface area contributed by atoms with Crippen LogP contribution in [0.1, 0.15) is 23.7 Å². The van der Waals surface area contributed by atoms with Crippen molar-refractivity contribution in [3.8, 4) is 23.2 Å². The molecule has 5 rings (SSSR count). The lowest BCUT2D eigenvalue weighted by Gasteiger charge is -2.45. The second-order valence-electron chi connectivity index (χ2n) is 9.09. The van der Waals surface area contributed by atoms with Gasteiger partial charge < -0.3 is 14.2 Å². The SMILES string of the molecule is Cc1cc2c(c(N3CC(C)(C#N)C3)n1)CN(Nc1ccc(-c3nncn3C)cc1OC(F)F)C=C2. The van der Waals surface area contributed by atoms with Crippen LogP contribution in [0.3, 0.4) is 0 Å². The average molecular weight is 479 g/mol. The van der Waals surface area contributed by atoms with Gasteiger partial charge in [-0.15, -0.1) is 10.2 Å². The van der Waals surface area contributed by atoms with Crippen LogP contribution in [0.5, 0.6) is 5.75 Å². The summed E-state index contributed by atoms with van der Waals surface area (Å²) >= 11 is 0. The molecule has 9 nitrogen and oxygen atoms in total. The predicted octanol–water partition coefficient (Wildman–Crippen LogP) is 3.95. The minimum atomic E-state index is -2.98. The third-order valence-electron chi connectivity index (χ3n) is 6.11.